The van der Waals surface area contributed by atoms with Gasteiger partial charge in [0.05, 0.1) is 13.1 Å². The zero-order valence-electron chi connectivity index (χ0n) is 10.2. The van der Waals surface area contributed by atoms with Crippen LogP contribution in [0.15, 0.2) is 11.1 Å². The number of urea groups is 1. The molecule has 7 heteroatoms. The zero-order chi connectivity index (χ0) is 13.5. The van der Waals surface area contributed by atoms with E-state index in [-0.39, 0.29) is 12.6 Å². The van der Waals surface area contributed by atoms with Crippen molar-refractivity contribution >= 4 is 27.9 Å². The Bertz CT molecular complexity index is 335. The van der Waals surface area contributed by atoms with Crippen molar-refractivity contribution in [3.05, 3.63) is 11.1 Å². The summed E-state index contributed by atoms with van der Waals surface area (Å²) >= 11 is 3.18. The average molecular weight is 320 g/mol. The third-order valence-corrected chi connectivity index (χ3v) is 2.95. The molecule has 0 aromatic carbocycles. The molecule has 1 aliphatic heterocycles. The third-order valence-electron chi connectivity index (χ3n) is 2.67. The van der Waals surface area contributed by atoms with Crippen molar-refractivity contribution in [2.24, 2.45) is 0 Å². The van der Waals surface area contributed by atoms with Crippen LogP contribution in [0.5, 0.6) is 0 Å². The summed E-state index contributed by atoms with van der Waals surface area (Å²) < 4.78 is 0.721. The molecule has 1 saturated heterocycles. The van der Waals surface area contributed by atoms with Crippen LogP contribution in [0, 0.1) is 0 Å². The molecular formula is C11H18BrN3O3. The predicted molar refractivity (Wildman–Crippen MR) is 71.7 cm³/mol. The number of carbonyl (C=O) groups excluding carboxylic acids is 1. The molecule has 0 bridgehead atoms. The van der Waals surface area contributed by atoms with Gasteiger partial charge in [-0.2, -0.15) is 0 Å². The number of halogens is 1. The summed E-state index contributed by atoms with van der Waals surface area (Å²) in [7, 11) is 0. The number of carboxylic acids is 1. The lowest BCUT2D eigenvalue weighted by molar-refractivity contribution is -0.138. The monoisotopic (exact) mass is 319 g/mol. The van der Waals surface area contributed by atoms with Crippen LogP contribution < -0.4 is 5.32 Å². The van der Waals surface area contributed by atoms with Gasteiger partial charge in [-0.05, 0) is 6.42 Å². The minimum Gasteiger partial charge on any atom is -0.480 e. The summed E-state index contributed by atoms with van der Waals surface area (Å²) in [6, 6.07) is -0.132. The van der Waals surface area contributed by atoms with E-state index < -0.39 is 5.97 Å². The van der Waals surface area contributed by atoms with Gasteiger partial charge in [0.1, 0.15) is 0 Å². The SMILES string of the molecule is C=C(Br)CNC(=O)N1CCCN(CC(=O)O)CC1. The lowest BCUT2D eigenvalue weighted by Crippen LogP contribution is -2.42. The van der Waals surface area contributed by atoms with Crippen LogP contribution in [0.3, 0.4) is 0 Å². The second-order valence-corrected chi connectivity index (χ2v) is 5.31. The fourth-order valence-electron chi connectivity index (χ4n) is 1.81. The number of hydrogen-bond acceptors (Lipinski definition) is 3. The molecule has 2 N–H and O–H groups in total. The van der Waals surface area contributed by atoms with Gasteiger partial charge < -0.3 is 15.3 Å². The summed E-state index contributed by atoms with van der Waals surface area (Å²) in [6.45, 7) is 6.58. The van der Waals surface area contributed by atoms with Crippen LogP contribution in [0.25, 0.3) is 0 Å². The lowest BCUT2D eigenvalue weighted by Gasteiger charge is -2.21. The molecule has 1 rings (SSSR count). The minimum atomic E-state index is -0.830. The van der Waals surface area contributed by atoms with E-state index in [2.05, 4.69) is 27.8 Å². The van der Waals surface area contributed by atoms with Crippen molar-refractivity contribution in [3.63, 3.8) is 0 Å². The Morgan fingerprint density at radius 3 is 2.61 bits per heavy atom. The maximum atomic E-state index is 11.8. The number of nitrogens with zero attached hydrogens (tertiary/aromatic N) is 2. The first kappa shape index (κ1) is 15.0. The average Bonchev–Trinajstić information content (AvgIpc) is 2.50. The molecule has 0 saturated carbocycles. The number of carboxylic acid groups (broad SMARTS) is 1. The minimum absolute atomic E-state index is 0.0354. The molecule has 0 atom stereocenters. The Morgan fingerprint density at radius 2 is 2.00 bits per heavy atom. The molecule has 0 aliphatic carbocycles. The van der Waals surface area contributed by atoms with Gasteiger partial charge >= 0.3 is 12.0 Å². The highest BCUT2D eigenvalue weighted by atomic mass is 79.9. The molecule has 0 unspecified atom stereocenters. The molecule has 0 spiro atoms. The summed E-state index contributed by atoms with van der Waals surface area (Å²) in [5, 5.41) is 11.5. The largest absolute Gasteiger partial charge is 0.480 e. The Hall–Kier alpha value is -1.08. The van der Waals surface area contributed by atoms with Crippen molar-refractivity contribution in [3.8, 4) is 0 Å². The molecule has 1 heterocycles. The fraction of sp³-hybridized carbons (Fsp3) is 0.636. The van der Waals surface area contributed by atoms with Crippen LogP contribution in [-0.2, 0) is 4.79 Å². The first-order valence-electron chi connectivity index (χ1n) is 5.79. The maximum absolute atomic E-state index is 11.8. The molecule has 0 radical (unpaired) electrons. The van der Waals surface area contributed by atoms with E-state index in [0.29, 0.717) is 32.7 Å². The van der Waals surface area contributed by atoms with Gasteiger partial charge in [-0.1, -0.05) is 22.5 Å². The summed E-state index contributed by atoms with van der Waals surface area (Å²) in [4.78, 5) is 26.0. The van der Waals surface area contributed by atoms with E-state index in [1.54, 1.807) is 4.90 Å². The number of carbonyl (C=O) groups is 2. The molecule has 18 heavy (non-hydrogen) atoms. The van der Waals surface area contributed by atoms with Crippen LogP contribution in [0.1, 0.15) is 6.42 Å². The Morgan fingerprint density at radius 1 is 1.28 bits per heavy atom. The zero-order valence-corrected chi connectivity index (χ0v) is 11.8. The highest BCUT2D eigenvalue weighted by Crippen LogP contribution is 2.04. The van der Waals surface area contributed by atoms with Gasteiger partial charge in [-0.3, -0.25) is 9.69 Å². The molecule has 102 valence electrons. The quantitative estimate of drug-likeness (QED) is 0.800. The molecule has 1 fully saturated rings. The van der Waals surface area contributed by atoms with E-state index in [9.17, 15) is 9.59 Å². The van der Waals surface area contributed by atoms with Crippen LogP contribution in [0.4, 0.5) is 4.79 Å². The molecule has 0 aromatic rings. The summed E-state index contributed by atoms with van der Waals surface area (Å²) in [5.74, 6) is -0.830. The molecule has 1 aliphatic rings. The predicted octanol–water partition coefficient (Wildman–Crippen LogP) is 0.697. The highest BCUT2D eigenvalue weighted by molar-refractivity contribution is 9.11. The highest BCUT2D eigenvalue weighted by Gasteiger charge is 2.19. The van der Waals surface area contributed by atoms with Gasteiger partial charge in [-0.25, -0.2) is 4.79 Å². The number of aliphatic carboxylic acids is 1. The molecular weight excluding hydrogens is 302 g/mol. The first-order chi connectivity index (χ1) is 8.49. The summed E-state index contributed by atoms with van der Waals surface area (Å²) in [5.41, 5.74) is 0. The van der Waals surface area contributed by atoms with Gasteiger partial charge in [0.2, 0.25) is 0 Å². The van der Waals surface area contributed by atoms with Crippen LogP contribution >= 0.6 is 15.9 Å². The van der Waals surface area contributed by atoms with Gasteiger partial charge in [0.25, 0.3) is 0 Å². The smallest absolute Gasteiger partial charge is 0.317 e. The van der Waals surface area contributed by atoms with E-state index in [1.165, 1.54) is 0 Å². The van der Waals surface area contributed by atoms with Gasteiger partial charge in [-0.15, -0.1) is 0 Å². The van der Waals surface area contributed by atoms with Crippen molar-refractivity contribution in [1.82, 2.24) is 15.1 Å². The van der Waals surface area contributed by atoms with E-state index in [0.717, 1.165) is 10.9 Å². The number of hydrogen-bond donors (Lipinski definition) is 2. The number of amides is 2. The Balaban J connectivity index is 2.38. The molecule has 2 amide bonds. The number of rotatable bonds is 4. The molecule has 0 aromatic heterocycles. The van der Waals surface area contributed by atoms with Crippen LogP contribution in [0.2, 0.25) is 0 Å². The van der Waals surface area contributed by atoms with E-state index >= 15 is 0 Å². The van der Waals surface area contributed by atoms with E-state index in [4.69, 9.17) is 5.11 Å². The van der Waals surface area contributed by atoms with Crippen molar-refractivity contribution in [1.29, 1.82) is 0 Å². The third kappa shape index (κ3) is 5.50. The Labute approximate surface area is 115 Å². The second kappa shape index (κ2) is 7.38. The van der Waals surface area contributed by atoms with Crippen molar-refractivity contribution in [2.75, 3.05) is 39.3 Å². The Kier molecular flexibility index (Phi) is 6.14. The normalized spacial score (nSPS) is 17.1. The molecule has 6 nitrogen and oxygen atoms in total. The summed E-state index contributed by atoms with van der Waals surface area (Å²) in [6.07, 6.45) is 0.788. The lowest BCUT2D eigenvalue weighted by atomic mass is 10.4. The van der Waals surface area contributed by atoms with Crippen molar-refractivity contribution in [2.45, 2.75) is 6.42 Å². The maximum Gasteiger partial charge on any atom is 0.317 e. The van der Waals surface area contributed by atoms with Crippen molar-refractivity contribution < 1.29 is 14.7 Å². The fourth-order valence-corrected chi connectivity index (χ4v) is 1.95. The second-order valence-electron chi connectivity index (χ2n) is 4.19. The first-order valence-corrected chi connectivity index (χ1v) is 6.58. The van der Waals surface area contributed by atoms with Gasteiger partial charge in [0.15, 0.2) is 0 Å². The van der Waals surface area contributed by atoms with Gasteiger partial charge in [0, 0.05) is 30.7 Å². The topological polar surface area (TPSA) is 72.9 Å². The van der Waals surface area contributed by atoms with Crippen LogP contribution in [-0.4, -0.2) is 66.2 Å². The van der Waals surface area contributed by atoms with E-state index in [1.807, 2.05) is 4.90 Å². The number of nitrogens with one attached hydrogen (secondary N) is 1. The standard InChI is InChI=1S/C11H18BrN3O3/c1-9(12)7-13-11(18)15-4-2-3-14(5-6-15)8-10(16)17/h1-8H2,(H,13,18)(H,16,17).